The van der Waals surface area contributed by atoms with E-state index in [0.717, 1.165) is 24.8 Å². The Hall–Kier alpha value is -0.880. The van der Waals surface area contributed by atoms with Crippen LogP contribution in [0.3, 0.4) is 0 Å². The van der Waals surface area contributed by atoms with Crippen LogP contribution in [0.15, 0.2) is 11.1 Å². The molecule has 0 bridgehead atoms. The molecule has 18 heavy (non-hydrogen) atoms. The van der Waals surface area contributed by atoms with Gasteiger partial charge >= 0.3 is 0 Å². The number of anilines is 1. The molecular weight excluding hydrogens is 256 g/mol. The molecule has 0 spiro atoms. The van der Waals surface area contributed by atoms with Gasteiger partial charge in [0, 0.05) is 24.9 Å². The Labute approximate surface area is 111 Å². The van der Waals surface area contributed by atoms with Gasteiger partial charge in [0.05, 0.1) is 0 Å². The third-order valence-electron chi connectivity index (χ3n) is 2.22. The average Bonchev–Trinajstić information content (AvgIpc) is 2.30. The SMILES string of the molecule is CCCNc1nc(SCCN(C)C)c(F)cc1F. The van der Waals surface area contributed by atoms with Gasteiger partial charge in [-0.05, 0) is 20.5 Å². The maximum absolute atomic E-state index is 13.5. The molecule has 0 atom stereocenters. The molecule has 1 aromatic heterocycles. The maximum Gasteiger partial charge on any atom is 0.168 e. The van der Waals surface area contributed by atoms with Crippen molar-refractivity contribution in [2.45, 2.75) is 18.4 Å². The summed E-state index contributed by atoms with van der Waals surface area (Å²) in [6, 6.07) is 0.892. The third kappa shape index (κ3) is 4.78. The topological polar surface area (TPSA) is 28.2 Å². The Morgan fingerprint density at radius 1 is 1.33 bits per heavy atom. The van der Waals surface area contributed by atoms with Gasteiger partial charge in [-0.3, -0.25) is 0 Å². The van der Waals surface area contributed by atoms with Crippen LogP contribution in [-0.2, 0) is 0 Å². The van der Waals surface area contributed by atoms with Crippen LogP contribution >= 0.6 is 11.8 Å². The van der Waals surface area contributed by atoms with Crippen LogP contribution in [0.1, 0.15) is 13.3 Å². The highest BCUT2D eigenvalue weighted by Gasteiger charge is 2.11. The van der Waals surface area contributed by atoms with Crippen LogP contribution in [0.4, 0.5) is 14.6 Å². The van der Waals surface area contributed by atoms with E-state index in [4.69, 9.17) is 0 Å². The van der Waals surface area contributed by atoms with Crippen molar-refractivity contribution < 1.29 is 8.78 Å². The molecule has 1 rings (SSSR count). The summed E-state index contributed by atoms with van der Waals surface area (Å²) < 4.78 is 26.9. The van der Waals surface area contributed by atoms with Crippen LogP contribution in [0.25, 0.3) is 0 Å². The fraction of sp³-hybridized carbons (Fsp3) is 0.583. The van der Waals surface area contributed by atoms with Crippen LogP contribution in [0, 0.1) is 11.6 Å². The first-order valence-electron chi connectivity index (χ1n) is 5.92. The van der Waals surface area contributed by atoms with Gasteiger partial charge in [0.25, 0.3) is 0 Å². The summed E-state index contributed by atoms with van der Waals surface area (Å²) in [6.07, 6.45) is 0.863. The second-order valence-electron chi connectivity index (χ2n) is 4.18. The zero-order chi connectivity index (χ0) is 13.5. The molecule has 0 aromatic carbocycles. The van der Waals surface area contributed by atoms with Crippen LogP contribution in [0.2, 0.25) is 0 Å². The average molecular weight is 275 g/mol. The van der Waals surface area contributed by atoms with E-state index in [0.29, 0.717) is 6.54 Å². The fourth-order valence-electron chi connectivity index (χ4n) is 1.24. The normalized spacial score (nSPS) is 11.0. The van der Waals surface area contributed by atoms with Gasteiger partial charge in [0.15, 0.2) is 17.5 Å². The van der Waals surface area contributed by atoms with Crippen molar-refractivity contribution in [2.24, 2.45) is 0 Å². The third-order valence-corrected chi connectivity index (χ3v) is 3.16. The molecule has 1 N–H and O–H groups in total. The highest BCUT2D eigenvalue weighted by Crippen LogP contribution is 2.23. The zero-order valence-corrected chi connectivity index (χ0v) is 11.8. The van der Waals surface area contributed by atoms with Crippen molar-refractivity contribution in [3.63, 3.8) is 0 Å². The lowest BCUT2D eigenvalue weighted by Crippen LogP contribution is -2.15. The molecule has 0 aliphatic carbocycles. The summed E-state index contributed by atoms with van der Waals surface area (Å²) in [5.41, 5.74) is 0. The van der Waals surface area contributed by atoms with Crippen molar-refractivity contribution in [3.05, 3.63) is 17.7 Å². The van der Waals surface area contributed by atoms with Gasteiger partial charge in [-0.15, -0.1) is 11.8 Å². The van der Waals surface area contributed by atoms with Gasteiger partial charge < -0.3 is 10.2 Å². The molecule has 1 heterocycles. The molecule has 0 amide bonds. The Bertz CT molecular complexity index is 386. The summed E-state index contributed by atoms with van der Waals surface area (Å²) in [4.78, 5) is 5.99. The highest BCUT2D eigenvalue weighted by atomic mass is 32.2. The summed E-state index contributed by atoms with van der Waals surface area (Å²) in [5, 5.41) is 3.10. The van der Waals surface area contributed by atoms with Crippen molar-refractivity contribution in [3.8, 4) is 0 Å². The minimum Gasteiger partial charge on any atom is -0.368 e. The number of thioether (sulfide) groups is 1. The monoisotopic (exact) mass is 275 g/mol. The number of hydrogen-bond donors (Lipinski definition) is 1. The Kier molecular flexibility index (Phi) is 6.35. The molecular formula is C12H19F2N3S. The molecule has 0 unspecified atom stereocenters. The molecule has 3 nitrogen and oxygen atoms in total. The van der Waals surface area contributed by atoms with Crippen LogP contribution < -0.4 is 5.32 Å². The van der Waals surface area contributed by atoms with Gasteiger partial charge in [0.2, 0.25) is 0 Å². The summed E-state index contributed by atoms with van der Waals surface area (Å²) in [7, 11) is 3.90. The largest absolute Gasteiger partial charge is 0.368 e. The zero-order valence-electron chi connectivity index (χ0n) is 11.0. The predicted octanol–water partition coefficient (Wildman–Crippen LogP) is 2.84. The van der Waals surface area contributed by atoms with Crippen molar-refractivity contribution >= 4 is 17.6 Å². The Morgan fingerprint density at radius 2 is 2.06 bits per heavy atom. The number of nitrogens with one attached hydrogen (secondary N) is 1. The minimum atomic E-state index is -0.641. The number of pyridine rings is 1. The summed E-state index contributed by atoms with van der Waals surface area (Å²) in [6.45, 7) is 3.42. The second kappa shape index (κ2) is 7.53. The number of halogens is 2. The Morgan fingerprint density at radius 3 is 2.67 bits per heavy atom. The molecule has 0 fully saturated rings. The molecule has 0 radical (unpaired) electrons. The van der Waals surface area contributed by atoms with Gasteiger partial charge in [-0.2, -0.15) is 0 Å². The molecule has 0 aliphatic rings. The molecule has 6 heteroatoms. The van der Waals surface area contributed by atoms with E-state index in [2.05, 4.69) is 10.3 Å². The highest BCUT2D eigenvalue weighted by molar-refractivity contribution is 7.99. The second-order valence-corrected chi connectivity index (χ2v) is 5.27. The minimum absolute atomic E-state index is 0.130. The number of rotatable bonds is 7. The first-order chi connectivity index (χ1) is 8.54. The van der Waals surface area contributed by atoms with Gasteiger partial charge in [-0.1, -0.05) is 6.92 Å². The molecule has 0 saturated carbocycles. The molecule has 0 aliphatic heterocycles. The van der Waals surface area contributed by atoms with Crippen molar-refractivity contribution in [1.82, 2.24) is 9.88 Å². The lowest BCUT2D eigenvalue weighted by atomic mass is 10.4. The van der Waals surface area contributed by atoms with Crippen LogP contribution in [-0.4, -0.2) is 42.8 Å². The Balaban J connectivity index is 2.71. The molecule has 102 valence electrons. The van der Waals surface area contributed by atoms with Gasteiger partial charge in [-0.25, -0.2) is 13.8 Å². The van der Waals surface area contributed by atoms with Crippen LogP contribution in [0.5, 0.6) is 0 Å². The van der Waals surface area contributed by atoms with E-state index in [1.807, 2.05) is 25.9 Å². The van der Waals surface area contributed by atoms with Gasteiger partial charge in [0.1, 0.15) is 5.03 Å². The van der Waals surface area contributed by atoms with E-state index in [1.165, 1.54) is 11.8 Å². The predicted molar refractivity (Wildman–Crippen MR) is 72.2 cm³/mol. The lowest BCUT2D eigenvalue weighted by Gasteiger charge is -2.10. The first-order valence-corrected chi connectivity index (χ1v) is 6.90. The maximum atomic E-state index is 13.5. The number of nitrogens with zero attached hydrogens (tertiary/aromatic N) is 2. The number of hydrogen-bond acceptors (Lipinski definition) is 4. The van der Waals surface area contributed by atoms with E-state index in [-0.39, 0.29) is 10.8 Å². The quantitative estimate of drug-likeness (QED) is 0.775. The molecule has 1 aromatic rings. The van der Waals surface area contributed by atoms with Crippen molar-refractivity contribution in [2.75, 3.05) is 38.3 Å². The van der Waals surface area contributed by atoms with E-state index >= 15 is 0 Å². The first kappa shape index (κ1) is 15.2. The fourth-order valence-corrected chi connectivity index (χ4v) is 2.25. The van der Waals surface area contributed by atoms with E-state index < -0.39 is 11.6 Å². The summed E-state index contributed by atoms with van der Waals surface area (Å²) >= 11 is 1.30. The molecule has 0 saturated heterocycles. The summed E-state index contributed by atoms with van der Waals surface area (Å²) in [5.74, 6) is -0.391. The van der Waals surface area contributed by atoms with Crippen molar-refractivity contribution in [1.29, 1.82) is 0 Å². The smallest absolute Gasteiger partial charge is 0.168 e. The van der Waals surface area contributed by atoms with E-state index in [9.17, 15) is 8.78 Å². The standard InChI is InChI=1S/C12H19F2N3S/c1-4-5-15-11-9(13)8-10(14)12(16-11)18-7-6-17(2)3/h8H,4-7H2,1-3H3,(H,15,16). The lowest BCUT2D eigenvalue weighted by molar-refractivity contribution is 0.437. The number of aromatic nitrogens is 1. The van der Waals surface area contributed by atoms with E-state index in [1.54, 1.807) is 0 Å².